The normalized spacial score (nSPS) is 11.3. The van der Waals surface area contributed by atoms with Crippen molar-refractivity contribution in [2.75, 3.05) is 13.7 Å². The summed E-state index contributed by atoms with van der Waals surface area (Å²) in [6, 6.07) is 6.60. The molecule has 0 bridgehead atoms. The standard InChI is InChI=1S/C15H22N2O4.ClH/c1-10(2)14(16)15(19)17-8-11-5-4-6-12(7-11)21-9-13(18)20-3;/h4-7,10,14H,8-9,16H2,1-3H3,(H,17,19);1H/t14-;/m0./s1. The van der Waals surface area contributed by atoms with Crippen LogP contribution >= 0.6 is 12.4 Å². The van der Waals surface area contributed by atoms with Gasteiger partial charge in [0.25, 0.3) is 0 Å². The largest absolute Gasteiger partial charge is 0.482 e. The zero-order valence-electron chi connectivity index (χ0n) is 13.0. The maximum Gasteiger partial charge on any atom is 0.343 e. The summed E-state index contributed by atoms with van der Waals surface area (Å²) in [6.45, 7) is 4.00. The van der Waals surface area contributed by atoms with E-state index in [-0.39, 0.29) is 30.8 Å². The smallest absolute Gasteiger partial charge is 0.343 e. The zero-order chi connectivity index (χ0) is 15.8. The first kappa shape index (κ1) is 20.2. The molecule has 0 radical (unpaired) electrons. The van der Waals surface area contributed by atoms with Crippen LogP contribution in [0.15, 0.2) is 24.3 Å². The topological polar surface area (TPSA) is 90.6 Å². The molecular weight excluding hydrogens is 308 g/mol. The van der Waals surface area contributed by atoms with E-state index in [4.69, 9.17) is 10.5 Å². The van der Waals surface area contributed by atoms with Crippen molar-refractivity contribution >= 4 is 24.3 Å². The summed E-state index contributed by atoms with van der Waals surface area (Å²) < 4.78 is 9.77. The second-order valence-electron chi connectivity index (χ2n) is 5.00. The molecule has 0 aliphatic rings. The summed E-state index contributed by atoms with van der Waals surface area (Å²) in [5, 5.41) is 2.77. The van der Waals surface area contributed by atoms with Gasteiger partial charge in [0.1, 0.15) is 5.75 Å². The molecule has 124 valence electrons. The number of carbonyl (C=O) groups is 2. The molecule has 0 aliphatic heterocycles. The number of carbonyl (C=O) groups excluding carboxylic acids is 2. The summed E-state index contributed by atoms with van der Waals surface area (Å²) in [5.74, 6) is -0.0116. The Morgan fingerprint density at radius 1 is 1.32 bits per heavy atom. The molecule has 0 aliphatic carbocycles. The zero-order valence-corrected chi connectivity index (χ0v) is 13.8. The Morgan fingerprint density at radius 3 is 2.59 bits per heavy atom. The number of benzene rings is 1. The molecule has 1 amide bonds. The van der Waals surface area contributed by atoms with Crippen LogP contribution in [0.1, 0.15) is 19.4 Å². The minimum absolute atomic E-state index is 0. The summed E-state index contributed by atoms with van der Waals surface area (Å²) in [4.78, 5) is 22.8. The molecular formula is C15H23ClN2O4. The Bertz CT molecular complexity index is 494. The summed E-state index contributed by atoms with van der Waals surface area (Å²) >= 11 is 0. The van der Waals surface area contributed by atoms with E-state index in [2.05, 4.69) is 10.1 Å². The lowest BCUT2D eigenvalue weighted by atomic mass is 10.0. The second kappa shape index (κ2) is 10.0. The van der Waals surface area contributed by atoms with E-state index < -0.39 is 12.0 Å². The molecule has 7 heteroatoms. The first-order chi connectivity index (χ1) is 9.93. The number of esters is 1. The third-order valence-electron chi connectivity index (χ3n) is 2.97. The SMILES string of the molecule is COC(=O)COc1cccc(CNC(=O)[C@@H](N)C(C)C)c1.Cl. The van der Waals surface area contributed by atoms with Crippen LogP contribution in [0.3, 0.4) is 0 Å². The molecule has 0 saturated heterocycles. The van der Waals surface area contributed by atoms with E-state index in [0.717, 1.165) is 5.56 Å². The fourth-order valence-electron chi connectivity index (χ4n) is 1.56. The highest BCUT2D eigenvalue weighted by atomic mass is 35.5. The van der Waals surface area contributed by atoms with Gasteiger partial charge in [-0.25, -0.2) is 4.79 Å². The van der Waals surface area contributed by atoms with Gasteiger partial charge in [-0.05, 0) is 23.6 Å². The van der Waals surface area contributed by atoms with Gasteiger partial charge in [0.2, 0.25) is 5.91 Å². The quantitative estimate of drug-likeness (QED) is 0.734. The van der Waals surface area contributed by atoms with Crippen molar-refractivity contribution in [3.63, 3.8) is 0 Å². The van der Waals surface area contributed by atoms with Crippen LogP contribution in [0.5, 0.6) is 5.75 Å². The predicted molar refractivity (Wildman–Crippen MR) is 85.9 cm³/mol. The fourth-order valence-corrected chi connectivity index (χ4v) is 1.56. The van der Waals surface area contributed by atoms with Gasteiger partial charge in [0.05, 0.1) is 13.2 Å². The van der Waals surface area contributed by atoms with Gasteiger partial charge in [-0.2, -0.15) is 0 Å². The maximum absolute atomic E-state index is 11.8. The second-order valence-corrected chi connectivity index (χ2v) is 5.00. The Labute approximate surface area is 136 Å². The van der Waals surface area contributed by atoms with Crippen molar-refractivity contribution in [2.24, 2.45) is 11.7 Å². The first-order valence-corrected chi connectivity index (χ1v) is 6.76. The minimum atomic E-state index is -0.524. The number of ether oxygens (including phenoxy) is 2. The van der Waals surface area contributed by atoms with Crippen molar-refractivity contribution in [2.45, 2.75) is 26.4 Å². The molecule has 1 atom stereocenters. The number of hydrogen-bond donors (Lipinski definition) is 2. The highest BCUT2D eigenvalue weighted by Gasteiger charge is 2.16. The lowest BCUT2D eigenvalue weighted by molar-refractivity contribution is -0.142. The lowest BCUT2D eigenvalue weighted by Gasteiger charge is -2.15. The number of amides is 1. The molecule has 1 rings (SSSR count). The van der Waals surface area contributed by atoms with Gasteiger partial charge < -0.3 is 20.5 Å². The summed E-state index contributed by atoms with van der Waals surface area (Å²) in [7, 11) is 1.30. The first-order valence-electron chi connectivity index (χ1n) is 6.76. The Hall–Kier alpha value is -1.79. The van der Waals surface area contributed by atoms with Crippen LogP contribution in [0.2, 0.25) is 0 Å². The Morgan fingerprint density at radius 2 is 2.00 bits per heavy atom. The average molecular weight is 331 g/mol. The van der Waals surface area contributed by atoms with Gasteiger partial charge in [0, 0.05) is 6.54 Å². The fraction of sp³-hybridized carbons (Fsp3) is 0.467. The van der Waals surface area contributed by atoms with Crippen LogP contribution in [-0.4, -0.2) is 31.6 Å². The number of nitrogens with two attached hydrogens (primary N) is 1. The number of rotatable bonds is 7. The van der Waals surface area contributed by atoms with Crippen molar-refractivity contribution in [1.82, 2.24) is 5.32 Å². The molecule has 0 heterocycles. The van der Waals surface area contributed by atoms with Gasteiger partial charge in [0.15, 0.2) is 6.61 Å². The third kappa shape index (κ3) is 6.78. The monoisotopic (exact) mass is 330 g/mol. The number of nitrogens with one attached hydrogen (secondary N) is 1. The third-order valence-corrected chi connectivity index (χ3v) is 2.97. The number of halogens is 1. The number of methoxy groups -OCH3 is 1. The highest BCUT2D eigenvalue weighted by molar-refractivity contribution is 5.85. The van der Waals surface area contributed by atoms with Crippen LogP contribution in [0.25, 0.3) is 0 Å². The van der Waals surface area contributed by atoms with Gasteiger partial charge >= 0.3 is 5.97 Å². The Balaban J connectivity index is 0.00000441. The molecule has 0 unspecified atom stereocenters. The van der Waals surface area contributed by atoms with Crippen LogP contribution in [0, 0.1) is 5.92 Å². The molecule has 1 aromatic carbocycles. The van der Waals surface area contributed by atoms with E-state index in [9.17, 15) is 9.59 Å². The molecule has 0 fully saturated rings. The highest BCUT2D eigenvalue weighted by Crippen LogP contribution is 2.13. The van der Waals surface area contributed by atoms with Gasteiger partial charge in [-0.3, -0.25) is 4.79 Å². The average Bonchev–Trinajstić information content (AvgIpc) is 2.49. The lowest BCUT2D eigenvalue weighted by Crippen LogP contribution is -2.43. The van der Waals surface area contributed by atoms with E-state index in [0.29, 0.717) is 12.3 Å². The van der Waals surface area contributed by atoms with Crippen molar-refractivity contribution < 1.29 is 19.1 Å². The van der Waals surface area contributed by atoms with Gasteiger partial charge in [-0.1, -0.05) is 26.0 Å². The van der Waals surface area contributed by atoms with Crippen LogP contribution in [-0.2, 0) is 20.9 Å². The Kier molecular flexibility index (Phi) is 9.21. The van der Waals surface area contributed by atoms with E-state index in [1.165, 1.54) is 7.11 Å². The van der Waals surface area contributed by atoms with E-state index in [1.54, 1.807) is 18.2 Å². The summed E-state index contributed by atoms with van der Waals surface area (Å²) in [6.07, 6.45) is 0. The molecule has 1 aromatic rings. The van der Waals surface area contributed by atoms with Crippen molar-refractivity contribution in [3.8, 4) is 5.75 Å². The molecule has 0 saturated carbocycles. The predicted octanol–water partition coefficient (Wildman–Crippen LogP) is 1.26. The van der Waals surface area contributed by atoms with Gasteiger partial charge in [-0.15, -0.1) is 12.4 Å². The molecule has 3 N–H and O–H groups in total. The molecule has 0 aromatic heterocycles. The van der Waals surface area contributed by atoms with Crippen LogP contribution < -0.4 is 15.8 Å². The molecule has 0 spiro atoms. The summed E-state index contributed by atoms with van der Waals surface area (Å²) in [5.41, 5.74) is 6.62. The molecule has 22 heavy (non-hydrogen) atoms. The van der Waals surface area contributed by atoms with Crippen LogP contribution in [0.4, 0.5) is 0 Å². The van der Waals surface area contributed by atoms with E-state index >= 15 is 0 Å². The van der Waals surface area contributed by atoms with E-state index in [1.807, 2.05) is 19.9 Å². The van der Waals surface area contributed by atoms with Crippen molar-refractivity contribution in [3.05, 3.63) is 29.8 Å². The minimum Gasteiger partial charge on any atom is -0.482 e. The van der Waals surface area contributed by atoms with Crippen molar-refractivity contribution in [1.29, 1.82) is 0 Å². The number of hydrogen-bond acceptors (Lipinski definition) is 5. The molecule has 6 nitrogen and oxygen atoms in total. The maximum atomic E-state index is 11.8.